The monoisotopic (exact) mass is 404 g/mol. The fourth-order valence-corrected chi connectivity index (χ4v) is 3.81. The van der Waals surface area contributed by atoms with Crippen LogP contribution < -0.4 is 20.5 Å². The van der Waals surface area contributed by atoms with E-state index < -0.39 is 0 Å². The molecular formula is C21H16N4O3S. The maximum atomic E-state index is 12.6. The first kappa shape index (κ1) is 17.3. The number of fused-ring (bicyclic) bond motifs is 2. The first-order valence-electron chi connectivity index (χ1n) is 8.89. The van der Waals surface area contributed by atoms with E-state index in [1.807, 2.05) is 42.5 Å². The van der Waals surface area contributed by atoms with E-state index in [2.05, 4.69) is 15.5 Å². The van der Waals surface area contributed by atoms with Crippen LogP contribution in [0.3, 0.4) is 0 Å². The van der Waals surface area contributed by atoms with Crippen LogP contribution in [-0.4, -0.2) is 22.9 Å². The van der Waals surface area contributed by atoms with Gasteiger partial charge in [0.05, 0.1) is 26.8 Å². The number of nitrogens with one attached hydrogen (secondary N) is 2. The minimum absolute atomic E-state index is 0.154. The Morgan fingerprint density at radius 3 is 2.79 bits per heavy atom. The molecule has 0 radical (unpaired) electrons. The summed E-state index contributed by atoms with van der Waals surface area (Å²) in [7, 11) is 0. The van der Waals surface area contributed by atoms with Crippen LogP contribution in [0, 0.1) is 0 Å². The van der Waals surface area contributed by atoms with E-state index in [1.54, 1.807) is 18.2 Å². The Labute approximate surface area is 169 Å². The zero-order valence-corrected chi connectivity index (χ0v) is 16.0. The molecule has 2 aromatic carbocycles. The van der Waals surface area contributed by atoms with E-state index in [-0.39, 0.29) is 12.7 Å². The Balaban J connectivity index is 1.50. The van der Waals surface area contributed by atoms with Gasteiger partial charge in [0.1, 0.15) is 0 Å². The Bertz CT molecular complexity index is 1260. The second-order valence-corrected chi connectivity index (χ2v) is 7.55. The molecule has 29 heavy (non-hydrogen) atoms. The van der Waals surface area contributed by atoms with Crippen LogP contribution in [-0.2, 0) is 0 Å². The number of nitrogen functional groups attached to an aromatic ring is 1. The van der Waals surface area contributed by atoms with Gasteiger partial charge in [0.25, 0.3) is 5.91 Å². The molecule has 5 rings (SSSR count). The van der Waals surface area contributed by atoms with E-state index in [4.69, 9.17) is 15.2 Å². The standard InChI is InChI=1S/C21H16N4O3S/c22-20-8-7-19(29-20)21(26)23-16-10-18-17(27-11-28-18)9-12(16)5-6-15-13-3-1-2-4-14(13)24-25-15/h1-10H,11,22H2,(H,23,26)(H,24,25)/b6-5+. The second kappa shape index (κ2) is 6.99. The molecule has 1 amide bonds. The fraction of sp³-hybridized carbons (Fsp3) is 0.0476. The van der Waals surface area contributed by atoms with Gasteiger partial charge in [0, 0.05) is 17.0 Å². The molecule has 0 fully saturated rings. The number of amides is 1. The van der Waals surface area contributed by atoms with E-state index in [0.29, 0.717) is 27.1 Å². The number of aromatic amines is 1. The molecule has 7 nitrogen and oxygen atoms in total. The molecule has 144 valence electrons. The van der Waals surface area contributed by atoms with Crippen molar-refractivity contribution in [2.75, 3.05) is 17.8 Å². The van der Waals surface area contributed by atoms with Crippen molar-refractivity contribution in [2.24, 2.45) is 0 Å². The summed E-state index contributed by atoms with van der Waals surface area (Å²) in [5, 5.41) is 11.9. The van der Waals surface area contributed by atoms with Crippen LogP contribution in [0.1, 0.15) is 20.9 Å². The summed E-state index contributed by atoms with van der Waals surface area (Å²) in [5.41, 5.74) is 8.90. The third-order valence-electron chi connectivity index (χ3n) is 4.56. The molecule has 0 atom stereocenters. The highest BCUT2D eigenvalue weighted by Crippen LogP contribution is 2.38. The molecule has 2 aromatic heterocycles. The van der Waals surface area contributed by atoms with Crippen molar-refractivity contribution < 1.29 is 14.3 Å². The number of nitrogens with two attached hydrogens (primary N) is 1. The van der Waals surface area contributed by atoms with Crippen molar-refractivity contribution in [2.45, 2.75) is 0 Å². The summed E-state index contributed by atoms with van der Waals surface area (Å²) in [6, 6.07) is 14.9. The lowest BCUT2D eigenvalue weighted by Crippen LogP contribution is -2.11. The van der Waals surface area contributed by atoms with Gasteiger partial charge in [0.15, 0.2) is 11.5 Å². The van der Waals surface area contributed by atoms with Crippen LogP contribution in [0.15, 0.2) is 48.5 Å². The van der Waals surface area contributed by atoms with Crippen LogP contribution >= 0.6 is 11.3 Å². The van der Waals surface area contributed by atoms with Gasteiger partial charge in [-0.05, 0) is 30.3 Å². The zero-order valence-electron chi connectivity index (χ0n) is 15.1. The Hall–Kier alpha value is -3.78. The molecule has 1 aliphatic heterocycles. The van der Waals surface area contributed by atoms with Gasteiger partial charge in [0.2, 0.25) is 6.79 Å². The molecule has 0 saturated heterocycles. The summed E-state index contributed by atoms with van der Waals surface area (Å²) < 4.78 is 11.0. The molecule has 4 aromatic rings. The number of carbonyl (C=O) groups excluding carboxylic acids is 1. The Kier molecular flexibility index (Phi) is 4.18. The highest BCUT2D eigenvalue weighted by Gasteiger charge is 2.18. The molecule has 0 saturated carbocycles. The average Bonchev–Trinajstić information content (AvgIpc) is 3.45. The Morgan fingerprint density at radius 2 is 1.97 bits per heavy atom. The predicted molar refractivity (Wildman–Crippen MR) is 114 cm³/mol. The van der Waals surface area contributed by atoms with E-state index >= 15 is 0 Å². The van der Waals surface area contributed by atoms with Crippen molar-refractivity contribution in [1.82, 2.24) is 10.2 Å². The van der Waals surface area contributed by atoms with Crippen molar-refractivity contribution in [3.63, 3.8) is 0 Å². The molecule has 4 N–H and O–H groups in total. The SMILES string of the molecule is Nc1ccc(C(=O)Nc2cc3c(cc2/C=C/c2n[nH]c4ccccc24)OCO3)s1. The quantitative estimate of drug-likeness (QED) is 0.469. The van der Waals surface area contributed by atoms with Gasteiger partial charge in [-0.25, -0.2) is 0 Å². The summed E-state index contributed by atoms with van der Waals surface area (Å²) in [5.74, 6) is 0.994. The lowest BCUT2D eigenvalue weighted by atomic mass is 10.1. The molecular weight excluding hydrogens is 388 g/mol. The summed E-state index contributed by atoms with van der Waals surface area (Å²) in [6.45, 7) is 0.154. The first-order chi connectivity index (χ1) is 14.2. The van der Waals surface area contributed by atoms with Crippen molar-refractivity contribution in [3.8, 4) is 11.5 Å². The van der Waals surface area contributed by atoms with Gasteiger partial charge in [-0.3, -0.25) is 9.89 Å². The van der Waals surface area contributed by atoms with Crippen LogP contribution in [0.5, 0.6) is 11.5 Å². The van der Waals surface area contributed by atoms with Gasteiger partial charge in [-0.1, -0.05) is 24.3 Å². The highest BCUT2D eigenvalue weighted by atomic mass is 32.1. The van der Waals surface area contributed by atoms with E-state index in [1.165, 1.54) is 11.3 Å². The number of aromatic nitrogens is 2. The second-order valence-electron chi connectivity index (χ2n) is 6.44. The largest absolute Gasteiger partial charge is 0.454 e. The zero-order chi connectivity index (χ0) is 19.8. The van der Waals surface area contributed by atoms with Gasteiger partial charge < -0.3 is 20.5 Å². The number of H-pyrrole nitrogens is 1. The number of para-hydroxylation sites is 1. The van der Waals surface area contributed by atoms with Crippen molar-refractivity contribution in [1.29, 1.82) is 0 Å². The normalized spacial score (nSPS) is 12.7. The predicted octanol–water partition coefficient (Wildman–Crippen LogP) is 4.36. The number of anilines is 2. The molecule has 0 bridgehead atoms. The summed E-state index contributed by atoms with van der Waals surface area (Å²) in [4.78, 5) is 13.2. The van der Waals surface area contributed by atoms with Crippen LogP contribution in [0.2, 0.25) is 0 Å². The minimum atomic E-state index is -0.231. The molecule has 0 spiro atoms. The third-order valence-corrected chi connectivity index (χ3v) is 5.48. The number of thiophene rings is 1. The maximum Gasteiger partial charge on any atom is 0.265 e. The lowest BCUT2D eigenvalue weighted by molar-refractivity contribution is 0.103. The summed E-state index contributed by atoms with van der Waals surface area (Å²) >= 11 is 1.24. The topological polar surface area (TPSA) is 102 Å². The minimum Gasteiger partial charge on any atom is -0.454 e. The molecule has 0 unspecified atom stereocenters. The van der Waals surface area contributed by atoms with Gasteiger partial charge >= 0.3 is 0 Å². The fourth-order valence-electron chi connectivity index (χ4n) is 3.14. The molecule has 3 heterocycles. The average molecular weight is 404 g/mol. The highest BCUT2D eigenvalue weighted by molar-refractivity contribution is 7.17. The number of hydrogen-bond donors (Lipinski definition) is 3. The number of carbonyl (C=O) groups is 1. The first-order valence-corrected chi connectivity index (χ1v) is 9.70. The number of benzene rings is 2. The molecule has 8 heteroatoms. The van der Waals surface area contributed by atoms with Crippen LogP contribution in [0.4, 0.5) is 10.7 Å². The number of ether oxygens (including phenoxy) is 2. The third kappa shape index (κ3) is 3.30. The van der Waals surface area contributed by atoms with Crippen molar-refractivity contribution >= 4 is 51.0 Å². The lowest BCUT2D eigenvalue weighted by Gasteiger charge is -2.09. The van der Waals surface area contributed by atoms with Crippen molar-refractivity contribution in [3.05, 3.63) is 64.7 Å². The number of rotatable bonds is 4. The smallest absolute Gasteiger partial charge is 0.265 e. The van der Waals surface area contributed by atoms with E-state index in [0.717, 1.165) is 22.2 Å². The summed E-state index contributed by atoms with van der Waals surface area (Å²) in [6.07, 6.45) is 3.79. The van der Waals surface area contributed by atoms with Gasteiger partial charge in [-0.15, -0.1) is 11.3 Å². The van der Waals surface area contributed by atoms with Gasteiger partial charge in [-0.2, -0.15) is 5.10 Å². The number of nitrogens with zero attached hydrogens (tertiary/aromatic N) is 1. The molecule has 0 aliphatic carbocycles. The van der Waals surface area contributed by atoms with Crippen LogP contribution in [0.25, 0.3) is 23.1 Å². The Morgan fingerprint density at radius 1 is 1.14 bits per heavy atom. The maximum absolute atomic E-state index is 12.6. The number of hydrogen-bond acceptors (Lipinski definition) is 6. The van der Waals surface area contributed by atoms with E-state index in [9.17, 15) is 4.79 Å². The molecule has 1 aliphatic rings.